The summed E-state index contributed by atoms with van der Waals surface area (Å²) in [5.74, 6) is 2.72. The summed E-state index contributed by atoms with van der Waals surface area (Å²) in [5, 5.41) is 0.325. The summed E-state index contributed by atoms with van der Waals surface area (Å²) in [6, 6.07) is 0. The summed E-state index contributed by atoms with van der Waals surface area (Å²) in [4.78, 5) is 0. The molecule has 1 saturated heterocycles. The highest BCUT2D eigenvalue weighted by Crippen LogP contribution is 2.39. The predicted molar refractivity (Wildman–Crippen MR) is 104 cm³/mol. The van der Waals surface area contributed by atoms with Gasteiger partial charge in [-0.15, -0.1) is 23.5 Å². The zero-order valence-electron chi connectivity index (χ0n) is 15.0. The molecule has 1 rings (SSSR count). The molecule has 1 aliphatic heterocycles. The minimum atomic E-state index is -1.62. The van der Waals surface area contributed by atoms with Crippen LogP contribution < -0.4 is 0 Å². The lowest BCUT2D eigenvalue weighted by Crippen LogP contribution is -2.44. The summed E-state index contributed by atoms with van der Waals surface area (Å²) >= 11 is 4.34. The van der Waals surface area contributed by atoms with Gasteiger partial charge in [-0.3, -0.25) is 0 Å². The van der Waals surface area contributed by atoms with Crippen LogP contribution in [0.1, 0.15) is 66.2 Å². The van der Waals surface area contributed by atoms with Crippen LogP contribution in [0.3, 0.4) is 0 Å². The molecule has 0 saturated carbocycles. The first kappa shape index (κ1) is 19.9. The number of hydrogen-bond donors (Lipinski definition) is 0. The quantitative estimate of drug-likeness (QED) is 0.461. The molecule has 1 unspecified atom stereocenters. The summed E-state index contributed by atoms with van der Waals surface area (Å²) in [7, 11) is -1.62. The highest BCUT2D eigenvalue weighted by molar-refractivity contribution is 8.17. The molecule has 1 heterocycles. The van der Waals surface area contributed by atoms with Crippen LogP contribution in [0.25, 0.3) is 0 Å². The molecule has 21 heavy (non-hydrogen) atoms. The van der Waals surface area contributed by atoms with Gasteiger partial charge >= 0.3 is 0 Å². The van der Waals surface area contributed by atoms with Crippen molar-refractivity contribution in [2.75, 3.05) is 11.5 Å². The molecule has 0 amide bonds. The third-order valence-electron chi connectivity index (χ3n) is 4.77. The lowest BCUT2D eigenvalue weighted by atomic mass is 10.1. The van der Waals surface area contributed by atoms with Gasteiger partial charge in [0.2, 0.25) is 0 Å². The molecular weight excluding hydrogens is 312 g/mol. The highest BCUT2D eigenvalue weighted by Gasteiger charge is 2.39. The van der Waals surface area contributed by atoms with Gasteiger partial charge in [0.25, 0.3) is 0 Å². The molecule has 1 fully saturated rings. The molecule has 4 heteroatoms. The molecule has 0 bridgehead atoms. The average Bonchev–Trinajstić information content (AvgIpc) is 2.41. The number of hydrogen-bond acceptors (Lipinski definition) is 3. The highest BCUT2D eigenvalue weighted by atomic mass is 32.2. The number of unbranched alkanes of at least 4 members (excludes halogenated alkanes) is 1. The van der Waals surface area contributed by atoms with Gasteiger partial charge in [0, 0.05) is 6.10 Å². The zero-order valence-corrected chi connectivity index (χ0v) is 17.7. The Morgan fingerprint density at radius 1 is 1.14 bits per heavy atom. The van der Waals surface area contributed by atoms with Crippen molar-refractivity contribution in [1.29, 1.82) is 0 Å². The molecule has 1 atom stereocenters. The standard InChI is InChI=1S/C17H36OS2Si/c1-7-8-10-15(18-21(5,6)17(2,3)4)11-12-16-19-13-9-14-20-16/h15-16H,7-14H2,1-6H3. The van der Waals surface area contributed by atoms with Gasteiger partial charge < -0.3 is 4.43 Å². The molecule has 0 aromatic carbocycles. The Kier molecular flexibility index (Phi) is 8.77. The molecule has 0 N–H and O–H groups in total. The van der Waals surface area contributed by atoms with E-state index >= 15 is 0 Å². The Hall–Kier alpha value is 0.877. The van der Waals surface area contributed by atoms with E-state index in [1.165, 1.54) is 50.0 Å². The second kappa shape index (κ2) is 9.24. The first-order valence-electron chi connectivity index (χ1n) is 8.67. The van der Waals surface area contributed by atoms with Crippen molar-refractivity contribution in [1.82, 2.24) is 0 Å². The smallest absolute Gasteiger partial charge is 0.192 e. The van der Waals surface area contributed by atoms with Crippen molar-refractivity contribution < 1.29 is 4.43 Å². The van der Waals surface area contributed by atoms with E-state index in [-0.39, 0.29) is 0 Å². The van der Waals surface area contributed by atoms with Gasteiger partial charge in [0.1, 0.15) is 0 Å². The van der Waals surface area contributed by atoms with Crippen molar-refractivity contribution in [3.8, 4) is 0 Å². The van der Waals surface area contributed by atoms with Gasteiger partial charge in [-0.1, -0.05) is 40.5 Å². The molecule has 1 aliphatic rings. The molecule has 126 valence electrons. The fraction of sp³-hybridized carbons (Fsp3) is 1.00. The third-order valence-corrected chi connectivity index (χ3v) is 12.4. The maximum atomic E-state index is 6.72. The fourth-order valence-electron chi connectivity index (χ4n) is 2.31. The van der Waals surface area contributed by atoms with Crippen LogP contribution in [-0.4, -0.2) is 30.5 Å². The first-order chi connectivity index (χ1) is 9.76. The summed E-state index contributed by atoms with van der Waals surface area (Å²) in [6.07, 6.45) is 8.33. The van der Waals surface area contributed by atoms with Crippen molar-refractivity contribution in [3.05, 3.63) is 0 Å². The second-order valence-corrected chi connectivity index (χ2v) is 15.4. The maximum absolute atomic E-state index is 6.72. The monoisotopic (exact) mass is 348 g/mol. The summed E-state index contributed by atoms with van der Waals surface area (Å²) in [5.41, 5.74) is 0. The molecule has 0 aromatic rings. The molecular formula is C17H36OS2Si. The topological polar surface area (TPSA) is 9.23 Å². The van der Waals surface area contributed by atoms with Crippen LogP contribution >= 0.6 is 23.5 Å². The maximum Gasteiger partial charge on any atom is 0.192 e. The Morgan fingerprint density at radius 2 is 1.76 bits per heavy atom. The third kappa shape index (κ3) is 7.32. The lowest BCUT2D eigenvalue weighted by molar-refractivity contribution is 0.157. The van der Waals surface area contributed by atoms with E-state index in [1.54, 1.807) is 0 Å². The van der Waals surface area contributed by atoms with E-state index in [0.717, 1.165) is 4.58 Å². The van der Waals surface area contributed by atoms with Gasteiger partial charge in [-0.25, -0.2) is 0 Å². The summed E-state index contributed by atoms with van der Waals surface area (Å²) < 4.78 is 7.54. The predicted octanol–water partition coefficient (Wildman–Crippen LogP) is 6.54. The van der Waals surface area contributed by atoms with E-state index in [1.807, 2.05) is 0 Å². The normalized spacial score (nSPS) is 19.7. The van der Waals surface area contributed by atoms with Crippen molar-refractivity contribution in [3.63, 3.8) is 0 Å². The molecule has 0 radical (unpaired) electrons. The number of rotatable bonds is 8. The van der Waals surface area contributed by atoms with Gasteiger partial charge in [-0.05, 0) is 55.3 Å². The van der Waals surface area contributed by atoms with Crippen LogP contribution in [0.5, 0.6) is 0 Å². The van der Waals surface area contributed by atoms with E-state index < -0.39 is 8.32 Å². The van der Waals surface area contributed by atoms with Crippen LogP contribution in [-0.2, 0) is 4.43 Å². The molecule has 0 aromatic heterocycles. The lowest BCUT2D eigenvalue weighted by Gasteiger charge is -2.39. The van der Waals surface area contributed by atoms with Crippen molar-refractivity contribution >= 4 is 31.8 Å². The summed E-state index contributed by atoms with van der Waals surface area (Å²) in [6.45, 7) is 14.1. The van der Waals surface area contributed by atoms with Gasteiger partial charge in [-0.2, -0.15) is 0 Å². The fourth-order valence-corrected chi connectivity index (χ4v) is 6.63. The minimum absolute atomic E-state index is 0.325. The second-order valence-electron chi connectivity index (χ2n) is 7.74. The Labute approximate surface area is 142 Å². The van der Waals surface area contributed by atoms with Gasteiger partial charge in [0.15, 0.2) is 8.32 Å². The molecule has 0 spiro atoms. The van der Waals surface area contributed by atoms with Crippen molar-refractivity contribution in [2.45, 2.75) is 95.0 Å². The van der Waals surface area contributed by atoms with Crippen LogP contribution in [0.2, 0.25) is 18.1 Å². The average molecular weight is 349 g/mol. The van der Waals surface area contributed by atoms with E-state index in [4.69, 9.17) is 4.43 Å². The van der Waals surface area contributed by atoms with E-state index in [2.05, 4.69) is 64.3 Å². The number of thioether (sulfide) groups is 2. The van der Waals surface area contributed by atoms with Crippen LogP contribution in [0.15, 0.2) is 0 Å². The molecule has 0 aliphatic carbocycles. The van der Waals surface area contributed by atoms with E-state index in [0.29, 0.717) is 11.1 Å². The Balaban J connectivity index is 2.50. The Morgan fingerprint density at radius 3 is 2.29 bits per heavy atom. The van der Waals surface area contributed by atoms with Crippen LogP contribution in [0, 0.1) is 0 Å². The Bertz CT molecular complexity index is 283. The van der Waals surface area contributed by atoms with E-state index in [9.17, 15) is 0 Å². The molecule has 1 nitrogen and oxygen atoms in total. The SMILES string of the molecule is CCCCC(CCC1SCCCS1)O[Si](C)(C)C(C)(C)C. The minimum Gasteiger partial charge on any atom is -0.414 e. The zero-order chi connectivity index (χ0) is 15.9. The van der Waals surface area contributed by atoms with Gasteiger partial charge in [0.05, 0.1) is 4.58 Å². The first-order valence-corrected chi connectivity index (χ1v) is 13.7. The largest absolute Gasteiger partial charge is 0.414 e. The van der Waals surface area contributed by atoms with Crippen molar-refractivity contribution in [2.24, 2.45) is 0 Å². The van der Waals surface area contributed by atoms with Crippen LogP contribution in [0.4, 0.5) is 0 Å².